The lowest BCUT2D eigenvalue weighted by Crippen LogP contribution is -2.45. The summed E-state index contributed by atoms with van der Waals surface area (Å²) < 4.78 is 0. The molecule has 0 saturated carbocycles. The molecule has 0 bridgehead atoms. The molecule has 4 rings (SSSR count). The van der Waals surface area contributed by atoms with Gasteiger partial charge in [-0.2, -0.15) is 0 Å². The van der Waals surface area contributed by atoms with Gasteiger partial charge < -0.3 is 0 Å². The largest absolute Gasteiger partial charge is 0.299 e. The van der Waals surface area contributed by atoms with Gasteiger partial charge in [-0.1, -0.05) is 6.92 Å². The highest BCUT2D eigenvalue weighted by molar-refractivity contribution is 7.10. The van der Waals surface area contributed by atoms with Gasteiger partial charge >= 0.3 is 0 Å². The number of nitrogens with zero attached hydrogens (tertiary/aromatic N) is 4. The number of carbonyl (C=O) groups is 1. The van der Waals surface area contributed by atoms with Crippen molar-refractivity contribution in [2.45, 2.75) is 52.0 Å². The molecule has 1 atom stereocenters. The summed E-state index contributed by atoms with van der Waals surface area (Å²) in [5, 5.41) is 2.17. The number of hydrogen-bond acceptors (Lipinski definition) is 5. The molecule has 0 spiro atoms. The highest BCUT2D eigenvalue weighted by Crippen LogP contribution is 2.36. The van der Waals surface area contributed by atoms with Gasteiger partial charge in [-0.15, -0.1) is 11.3 Å². The van der Waals surface area contributed by atoms with Crippen LogP contribution in [-0.4, -0.2) is 40.9 Å². The molecular formula is C20H26N4OS. The van der Waals surface area contributed by atoms with Crippen LogP contribution in [0.25, 0.3) is 0 Å². The minimum absolute atomic E-state index is 0.0737. The second kappa shape index (κ2) is 6.43. The molecule has 138 valence electrons. The smallest absolute Gasteiger partial charge is 0.232 e. The summed E-state index contributed by atoms with van der Waals surface area (Å²) in [5.74, 6) is 1.81. The molecule has 0 aliphatic carbocycles. The molecule has 1 fully saturated rings. The maximum absolute atomic E-state index is 12.1. The molecule has 2 aliphatic heterocycles. The summed E-state index contributed by atoms with van der Waals surface area (Å²) in [7, 11) is 1.82. The van der Waals surface area contributed by atoms with Gasteiger partial charge in [0.1, 0.15) is 11.6 Å². The second-order valence-electron chi connectivity index (χ2n) is 7.97. The molecule has 1 amide bonds. The van der Waals surface area contributed by atoms with E-state index in [1.807, 2.05) is 25.3 Å². The lowest BCUT2D eigenvalue weighted by Gasteiger charge is -2.39. The van der Waals surface area contributed by atoms with Crippen molar-refractivity contribution in [3.63, 3.8) is 0 Å². The zero-order valence-electron chi connectivity index (χ0n) is 16.0. The third-order valence-corrected chi connectivity index (χ3v) is 6.87. The topological polar surface area (TPSA) is 49.3 Å². The molecule has 0 radical (unpaired) electrons. The van der Waals surface area contributed by atoms with Crippen LogP contribution in [0, 0.1) is 13.8 Å². The van der Waals surface area contributed by atoms with Gasteiger partial charge in [-0.25, -0.2) is 9.97 Å². The Bertz CT molecular complexity index is 861. The molecule has 5 nitrogen and oxygen atoms in total. The Balaban J connectivity index is 1.61. The fourth-order valence-electron chi connectivity index (χ4n) is 4.15. The number of likely N-dealkylation sites (tertiary alicyclic amines) is 1. The maximum Gasteiger partial charge on any atom is 0.232 e. The van der Waals surface area contributed by atoms with Gasteiger partial charge in [0.15, 0.2) is 0 Å². The highest BCUT2D eigenvalue weighted by Gasteiger charge is 2.38. The van der Waals surface area contributed by atoms with E-state index in [1.54, 1.807) is 4.90 Å². The summed E-state index contributed by atoms with van der Waals surface area (Å²) in [6, 6.07) is 2.20. The Labute approximate surface area is 159 Å². The molecule has 0 unspecified atom stereocenters. The van der Waals surface area contributed by atoms with E-state index in [0.717, 1.165) is 55.4 Å². The number of rotatable bonds is 3. The van der Waals surface area contributed by atoms with E-state index in [-0.39, 0.29) is 11.3 Å². The maximum atomic E-state index is 12.1. The van der Waals surface area contributed by atoms with Crippen molar-refractivity contribution in [1.29, 1.82) is 0 Å². The molecule has 1 saturated heterocycles. The van der Waals surface area contributed by atoms with Crippen LogP contribution in [0.15, 0.2) is 11.4 Å². The first kappa shape index (κ1) is 17.6. The quantitative estimate of drug-likeness (QED) is 0.832. The Hall–Kier alpha value is -1.79. The number of carbonyl (C=O) groups excluding carboxylic acids is 1. The SMILES string of the molecule is Cc1ccsc1CN1CCC[C@@](C)(c2nc(C)c3c(n2)N(C)C(=O)C3)C1. The van der Waals surface area contributed by atoms with E-state index in [4.69, 9.17) is 9.97 Å². The summed E-state index contributed by atoms with van der Waals surface area (Å²) >= 11 is 1.84. The Kier molecular flexibility index (Phi) is 4.35. The Morgan fingerprint density at radius 3 is 2.85 bits per heavy atom. The fourth-order valence-corrected chi connectivity index (χ4v) is 5.10. The van der Waals surface area contributed by atoms with Gasteiger partial charge in [0.05, 0.1) is 6.42 Å². The fraction of sp³-hybridized carbons (Fsp3) is 0.550. The van der Waals surface area contributed by atoms with Crippen LogP contribution in [0.2, 0.25) is 0 Å². The zero-order chi connectivity index (χ0) is 18.5. The lowest BCUT2D eigenvalue weighted by molar-refractivity contribution is -0.117. The van der Waals surface area contributed by atoms with Crippen LogP contribution in [0.1, 0.15) is 47.3 Å². The second-order valence-corrected chi connectivity index (χ2v) is 8.97. The third-order valence-electron chi connectivity index (χ3n) is 5.86. The lowest BCUT2D eigenvalue weighted by atomic mass is 9.80. The Morgan fingerprint density at radius 2 is 2.12 bits per heavy atom. The van der Waals surface area contributed by atoms with E-state index in [1.165, 1.54) is 10.4 Å². The number of likely N-dealkylation sites (N-methyl/N-ethyl adjacent to an activating group) is 1. The van der Waals surface area contributed by atoms with Crippen molar-refractivity contribution in [2.75, 3.05) is 25.0 Å². The van der Waals surface area contributed by atoms with Crippen LogP contribution in [-0.2, 0) is 23.2 Å². The van der Waals surface area contributed by atoms with Crippen LogP contribution >= 0.6 is 11.3 Å². The predicted molar refractivity (Wildman–Crippen MR) is 105 cm³/mol. The van der Waals surface area contributed by atoms with E-state index < -0.39 is 0 Å². The van der Waals surface area contributed by atoms with Crippen LogP contribution in [0.3, 0.4) is 0 Å². The van der Waals surface area contributed by atoms with Crippen molar-refractivity contribution >= 4 is 23.1 Å². The number of anilines is 1. The molecule has 6 heteroatoms. The molecule has 26 heavy (non-hydrogen) atoms. The first-order valence-corrected chi connectivity index (χ1v) is 10.2. The third kappa shape index (κ3) is 2.95. The van der Waals surface area contributed by atoms with E-state index in [0.29, 0.717) is 6.42 Å². The van der Waals surface area contributed by atoms with Gasteiger partial charge in [-0.3, -0.25) is 14.6 Å². The monoisotopic (exact) mass is 370 g/mol. The van der Waals surface area contributed by atoms with Crippen LogP contribution in [0.4, 0.5) is 5.82 Å². The van der Waals surface area contributed by atoms with Gasteiger partial charge in [0, 0.05) is 41.7 Å². The summed E-state index contributed by atoms with van der Waals surface area (Å²) in [6.45, 7) is 9.56. The molecular weight excluding hydrogens is 344 g/mol. The van der Waals surface area contributed by atoms with Crippen molar-refractivity contribution < 1.29 is 4.79 Å². The number of thiophene rings is 1. The first-order valence-electron chi connectivity index (χ1n) is 9.27. The number of aromatic nitrogens is 2. The normalized spacial score (nSPS) is 23.5. The number of piperidine rings is 1. The van der Waals surface area contributed by atoms with Gasteiger partial charge in [0.25, 0.3) is 0 Å². The summed E-state index contributed by atoms with van der Waals surface area (Å²) in [6.07, 6.45) is 2.66. The molecule has 0 aromatic carbocycles. The minimum atomic E-state index is -0.0737. The number of fused-ring (bicyclic) bond motifs is 1. The molecule has 2 aromatic heterocycles. The number of hydrogen-bond donors (Lipinski definition) is 0. The average molecular weight is 371 g/mol. The molecule has 0 N–H and O–H groups in total. The summed E-state index contributed by atoms with van der Waals surface area (Å²) in [4.78, 5) is 27.4. The first-order chi connectivity index (χ1) is 12.4. The van der Waals surface area contributed by atoms with Crippen molar-refractivity contribution in [3.05, 3.63) is 39.0 Å². The van der Waals surface area contributed by atoms with Gasteiger partial charge in [0.2, 0.25) is 5.91 Å². The predicted octanol–water partition coefficient (Wildman–Crippen LogP) is 3.23. The molecule has 2 aliphatic rings. The van der Waals surface area contributed by atoms with Crippen LogP contribution in [0.5, 0.6) is 0 Å². The zero-order valence-corrected chi connectivity index (χ0v) is 16.8. The van der Waals surface area contributed by atoms with E-state index in [2.05, 4.69) is 30.2 Å². The van der Waals surface area contributed by atoms with Crippen molar-refractivity contribution in [2.24, 2.45) is 0 Å². The molecule has 2 aromatic rings. The highest BCUT2D eigenvalue weighted by atomic mass is 32.1. The van der Waals surface area contributed by atoms with Gasteiger partial charge in [-0.05, 0) is 50.2 Å². The number of aryl methyl sites for hydroxylation is 2. The van der Waals surface area contributed by atoms with Crippen LogP contribution < -0.4 is 4.90 Å². The number of amides is 1. The standard InChI is InChI=1S/C20H26N4OS/c1-13-6-9-26-16(13)11-24-8-5-7-20(3,12-24)19-21-14(2)15-10-17(25)23(4)18(15)22-19/h6,9H,5,7-8,10-12H2,1-4H3/t20-/m1/s1. The average Bonchev–Trinajstić information content (AvgIpc) is 3.12. The minimum Gasteiger partial charge on any atom is -0.299 e. The summed E-state index contributed by atoms with van der Waals surface area (Å²) in [5.41, 5.74) is 3.25. The Morgan fingerprint density at radius 1 is 1.31 bits per heavy atom. The van der Waals surface area contributed by atoms with Crippen molar-refractivity contribution in [3.8, 4) is 0 Å². The van der Waals surface area contributed by atoms with Crippen molar-refractivity contribution in [1.82, 2.24) is 14.9 Å². The van der Waals surface area contributed by atoms with E-state index >= 15 is 0 Å². The molecule has 4 heterocycles. The van der Waals surface area contributed by atoms with E-state index in [9.17, 15) is 4.79 Å².